The Balaban J connectivity index is 1.13. The number of aromatic hydroxyl groups is 1. The summed E-state index contributed by atoms with van der Waals surface area (Å²) in [6.45, 7) is 4.57. The first-order valence-corrected chi connectivity index (χ1v) is 13.2. The lowest BCUT2D eigenvalue weighted by atomic mass is 10.1. The van der Waals surface area contributed by atoms with Crippen molar-refractivity contribution in [3.63, 3.8) is 0 Å². The van der Waals surface area contributed by atoms with E-state index in [1.807, 2.05) is 60.7 Å². The van der Waals surface area contributed by atoms with Crippen molar-refractivity contribution in [1.82, 2.24) is 19.9 Å². The van der Waals surface area contributed by atoms with Crippen LogP contribution in [0.4, 0.5) is 23.1 Å². The predicted octanol–water partition coefficient (Wildman–Crippen LogP) is 4.38. The number of likely N-dealkylation sites (N-methyl/N-ethyl adjacent to an activating group) is 1. The molecule has 4 heterocycles. The lowest BCUT2D eigenvalue weighted by Gasteiger charge is -2.34. The number of nitrogens with one attached hydrogen (secondary N) is 3. The molecule has 1 amide bonds. The zero-order valence-corrected chi connectivity index (χ0v) is 22.1. The summed E-state index contributed by atoms with van der Waals surface area (Å²) < 4.78 is 0. The fourth-order valence-corrected chi connectivity index (χ4v) is 4.75. The van der Waals surface area contributed by atoms with Crippen molar-refractivity contribution >= 4 is 46.9 Å². The van der Waals surface area contributed by atoms with Gasteiger partial charge in [0, 0.05) is 61.3 Å². The SMILES string of the molecule is CN1CCN(c2ccc(C(=O)Nc3cnc4c(c3)C(=Cc3[nH]c(NCc5ccccc5)nc3O)C=N4)cc2)CC1. The minimum atomic E-state index is -0.212. The number of carbonyl (C=O) groups is 1. The van der Waals surface area contributed by atoms with Gasteiger partial charge in [-0.1, -0.05) is 30.3 Å². The predicted molar refractivity (Wildman–Crippen MR) is 158 cm³/mol. The van der Waals surface area contributed by atoms with Crippen LogP contribution in [0.5, 0.6) is 5.88 Å². The summed E-state index contributed by atoms with van der Waals surface area (Å²) in [5, 5.41) is 16.5. The molecule has 202 valence electrons. The maximum Gasteiger partial charge on any atom is 0.255 e. The first-order valence-electron chi connectivity index (χ1n) is 13.2. The van der Waals surface area contributed by atoms with Gasteiger partial charge in [-0.15, -0.1) is 0 Å². The smallest absolute Gasteiger partial charge is 0.255 e. The van der Waals surface area contributed by atoms with Gasteiger partial charge in [-0.3, -0.25) is 4.79 Å². The van der Waals surface area contributed by atoms with Crippen molar-refractivity contribution in [3.05, 3.63) is 89.2 Å². The number of anilines is 3. The van der Waals surface area contributed by atoms with Crippen LogP contribution in [-0.4, -0.2) is 70.3 Å². The molecule has 0 unspecified atom stereocenters. The molecule has 0 spiro atoms. The molecular formula is C30H30N8O2. The fraction of sp³-hybridized carbons (Fsp3) is 0.200. The molecule has 0 aliphatic carbocycles. The molecule has 40 heavy (non-hydrogen) atoms. The third-order valence-electron chi connectivity index (χ3n) is 7.07. The molecule has 10 heteroatoms. The number of aliphatic imine (C=N–C) groups is 1. The highest BCUT2D eigenvalue weighted by Gasteiger charge is 2.18. The molecule has 0 bridgehead atoms. The highest BCUT2D eigenvalue weighted by atomic mass is 16.3. The zero-order chi connectivity index (χ0) is 27.5. The lowest BCUT2D eigenvalue weighted by molar-refractivity contribution is 0.102. The van der Waals surface area contributed by atoms with Crippen molar-refractivity contribution in [2.24, 2.45) is 4.99 Å². The number of benzene rings is 2. The van der Waals surface area contributed by atoms with Crippen LogP contribution in [0.15, 0.2) is 71.9 Å². The van der Waals surface area contributed by atoms with Crippen molar-refractivity contribution in [2.75, 3.05) is 48.8 Å². The van der Waals surface area contributed by atoms with Crippen LogP contribution in [-0.2, 0) is 6.54 Å². The van der Waals surface area contributed by atoms with E-state index in [-0.39, 0.29) is 11.8 Å². The highest BCUT2D eigenvalue weighted by molar-refractivity contribution is 6.21. The van der Waals surface area contributed by atoms with Gasteiger partial charge in [-0.25, -0.2) is 9.98 Å². The van der Waals surface area contributed by atoms with Gasteiger partial charge in [0.1, 0.15) is 5.69 Å². The molecule has 2 aromatic carbocycles. The third-order valence-corrected chi connectivity index (χ3v) is 7.07. The van der Waals surface area contributed by atoms with Gasteiger partial charge in [-0.2, -0.15) is 4.98 Å². The Labute approximate surface area is 232 Å². The Morgan fingerprint density at radius 1 is 1.07 bits per heavy atom. The molecule has 2 aromatic heterocycles. The first kappa shape index (κ1) is 25.3. The number of aromatic amines is 1. The number of piperazine rings is 1. The van der Waals surface area contributed by atoms with Gasteiger partial charge in [0.2, 0.25) is 11.8 Å². The summed E-state index contributed by atoms with van der Waals surface area (Å²) in [7, 11) is 2.13. The summed E-state index contributed by atoms with van der Waals surface area (Å²) >= 11 is 0. The van der Waals surface area contributed by atoms with Gasteiger partial charge in [0.05, 0.1) is 11.9 Å². The summed E-state index contributed by atoms with van der Waals surface area (Å²) in [6, 6.07) is 19.5. The summed E-state index contributed by atoms with van der Waals surface area (Å²) in [6.07, 6.45) is 5.03. The van der Waals surface area contributed by atoms with Crippen LogP contribution in [0.25, 0.3) is 11.6 Å². The zero-order valence-electron chi connectivity index (χ0n) is 22.1. The van der Waals surface area contributed by atoms with Crippen LogP contribution in [0.1, 0.15) is 27.2 Å². The van der Waals surface area contributed by atoms with E-state index >= 15 is 0 Å². The summed E-state index contributed by atoms with van der Waals surface area (Å²) in [5.74, 6) is 0.669. The van der Waals surface area contributed by atoms with Crippen molar-refractivity contribution in [2.45, 2.75) is 6.54 Å². The number of nitrogens with zero attached hydrogens (tertiary/aromatic N) is 5. The molecule has 10 nitrogen and oxygen atoms in total. The number of rotatable bonds is 7. The van der Waals surface area contributed by atoms with Crippen LogP contribution in [0.2, 0.25) is 0 Å². The number of carbonyl (C=O) groups excluding carboxylic acids is 1. The molecule has 4 N–H and O–H groups in total. The Morgan fingerprint density at radius 3 is 2.62 bits per heavy atom. The van der Waals surface area contributed by atoms with Crippen molar-refractivity contribution in [1.29, 1.82) is 0 Å². The van der Waals surface area contributed by atoms with E-state index in [0.29, 0.717) is 35.3 Å². The van der Waals surface area contributed by atoms with Gasteiger partial charge < -0.3 is 30.5 Å². The molecule has 0 atom stereocenters. The highest BCUT2D eigenvalue weighted by Crippen LogP contribution is 2.34. The molecule has 2 aliphatic rings. The Morgan fingerprint density at radius 2 is 1.85 bits per heavy atom. The van der Waals surface area contributed by atoms with E-state index in [2.05, 4.69) is 47.4 Å². The number of hydrogen-bond acceptors (Lipinski definition) is 8. The first-order chi connectivity index (χ1) is 19.5. The van der Waals surface area contributed by atoms with Crippen molar-refractivity contribution in [3.8, 4) is 5.88 Å². The van der Waals surface area contributed by atoms with E-state index < -0.39 is 0 Å². The van der Waals surface area contributed by atoms with Crippen LogP contribution >= 0.6 is 0 Å². The number of hydrogen-bond donors (Lipinski definition) is 4. The molecule has 0 saturated carbocycles. The monoisotopic (exact) mass is 534 g/mol. The van der Waals surface area contributed by atoms with Gasteiger partial charge in [0.15, 0.2) is 5.82 Å². The number of fused-ring (bicyclic) bond motifs is 1. The summed E-state index contributed by atoms with van der Waals surface area (Å²) in [4.78, 5) is 33.7. The van der Waals surface area contributed by atoms with Gasteiger partial charge >= 0.3 is 0 Å². The standard InChI is InChI=1S/C30H30N8O2/c1-37-11-13-38(14-12-37)24-9-7-21(8-10-24)28(39)34-23-16-25-22(18-31-27(25)32-19-23)15-26-29(40)36-30(35-26)33-17-20-5-3-2-4-6-20/h2-10,15-16,18-19,40H,11-14,17H2,1H3,(H,34,39)(H2,33,35,36). The summed E-state index contributed by atoms with van der Waals surface area (Å²) in [5.41, 5.74) is 5.28. The molecular weight excluding hydrogens is 504 g/mol. The molecule has 4 aromatic rings. The van der Waals surface area contributed by atoms with E-state index in [1.165, 1.54) is 0 Å². The number of pyridine rings is 1. The second-order valence-electron chi connectivity index (χ2n) is 9.91. The van der Waals surface area contributed by atoms with Gasteiger partial charge in [-0.05, 0) is 49.0 Å². The topological polar surface area (TPSA) is 122 Å². The van der Waals surface area contributed by atoms with E-state index in [9.17, 15) is 9.90 Å². The van der Waals surface area contributed by atoms with Crippen LogP contribution < -0.4 is 15.5 Å². The van der Waals surface area contributed by atoms with Crippen LogP contribution in [0.3, 0.4) is 0 Å². The molecule has 0 radical (unpaired) electrons. The Bertz CT molecular complexity index is 1570. The Kier molecular flexibility index (Phi) is 6.98. The molecule has 6 rings (SSSR count). The third kappa shape index (κ3) is 5.57. The van der Waals surface area contributed by atoms with Crippen molar-refractivity contribution < 1.29 is 9.90 Å². The molecule has 1 saturated heterocycles. The Hall–Kier alpha value is -4.96. The van der Waals surface area contributed by atoms with Gasteiger partial charge in [0.25, 0.3) is 5.91 Å². The second-order valence-corrected chi connectivity index (χ2v) is 9.91. The minimum absolute atomic E-state index is 0.123. The minimum Gasteiger partial charge on any atom is -0.492 e. The number of imidazole rings is 1. The van der Waals surface area contributed by atoms with E-state index in [4.69, 9.17) is 0 Å². The second kappa shape index (κ2) is 11.0. The molecule has 1 fully saturated rings. The van der Waals surface area contributed by atoms with E-state index in [1.54, 1.807) is 18.5 Å². The maximum atomic E-state index is 13.0. The average molecular weight is 535 g/mol. The number of amides is 1. The number of H-pyrrole nitrogens is 1. The maximum absolute atomic E-state index is 13.0. The average Bonchev–Trinajstić information content (AvgIpc) is 3.55. The largest absolute Gasteiger partial charge is 0.492 e. The van der Waals surface area contributed by atoms with Crippen LogP contribution in [0, 0.1) is 0 Å². The normalized spacial score (nSPS) is 15.8. The quantitative estimate of drug-likeness (QED) is 0.278. The fourth-order valence-electron chi connectivity index (χ4n) is 4.75. The lowest BCUT2D eigenvalue weighted by Crippen LogP contribution is -2.44. The van der Waals surface area contributed by atoms with E-state index in [0.717, 1.165) is 48.6 Å². The number of allylic oxidation sites excluding steroid dienone is 1. The number of aromatic nitrogens is 3. The molecule has 2 aliphatic heterocycles.